The summed E-state index contributed by atoms with van der Waals surface area (Å²) in [6.07, 6.45) is -4.08. The van der Waals surface area contributed by atoms with Crippen molar-refractivity contribution in [1.29, 1.82) is 0 Å². The van der Waals surface area contributed by atoms with Gasteiger partial charge in [-0.3, -0.25) is 4.79 Å². The van der Waals surface area contributed by atoms with E-state index in [0.717, 1.165) is 24.2 Å². The Morgan fingerprint density at radius 1 is 1.17 bits per heavy atom. The fourth-order valence-corrected chi connectivity index (χ4v) is 2.16. The lowest BCUT2D eigenvalue weighted by molar-refractivity contribution is -0.137. The van der Waals surface area contributed by atoms with Gasteiger partial charge in [-0.25, -0.2) is 0 Å². The average Bonchev–Trinajstić information content (AvgIpc) is 2.44. The van der Waals surface area contributed by atoms with Gasteiger partial charge in [0.1, 0.15) is 0 Å². The summed E-state index contributed by atoms with van der Waals surface area (Å²) in [4.78, 5) is 11.8. The molecule has 0 fully saturated rings. The van der Waals surface area contributed by atoms with Crippen LogP contribution < -0.4 is 10.6 Å². The smallest absolute Gasteiger partial charge is 0.355 e. The highest BCUT2D eigenvalue weighted by Crippen LogP contribution is 2.30. The van der Waals surface area contributed by atoms with E-state index in [0.29, 0.717) is 6.54 Å². The molecule has 0 aliphatic heterocycles. The Bertz CT molecular complexity index is 477. The first-order valence-corrected chi connectivity index (χ1v) is 7.41. The van der Waals surface area contributed by atoms with Gasteiger partial charge in [0, 0.05) is 19.0 Å². The molecule has 2 atom stereocenters. The van der Waals surface area contributed by atoms with Crippen molar-refractivity contribution in [3.63, 3.8) is 0 Å². The van der Waals surface area contributed by atoms with Crippen molar-refractivity contribution in [3.05, 3.63) is 35.4 Å². The number of likely N-dealkylation sites (N-methyl/N-ethyl adjacent to an activating group) is 1. The minimum Gasteiger partial charge on any atom is -0.355 e. The van der Waals surface area contributed by atoms with Crippen molar-refractivity contribution < 1.29 is 18.0 Å². The maximum Gasteiger partial charge on any atom is 0.416 e. The number of hydrogen-bond acceptors (Lipinski definition) is 2. The van der Waals surface area contributed by atoms with Crippen molar-refractivity contribution in [1.82, 2.24) is 10.6 Å². The van der Waals surface area contributed by atoms with Crippen LogP contribution in [0, 0.1) is 0 Å². The summed E-state index contributed by atoms with van der Waals surface area (Å²) < 4.78 is 37.5. The second-order valence-electron chi connectivity index (χ2n) is 5.49. The molecule has 0 saturated heterocycles. The topological polar surface area (TPSA) is 41.1 Å². The Labute approximate surface area is 141 Å². The fraction of sp³-hybridized carbons (Fsp3) is 0.562. The maximum atomic E-state index is 12.5. The molecule has 1 unspecified atom stereocenters. The molecule has 1 aromatic carbocycles. The number of benzene rings is 1. The SMILES string of the molecule is CCN[C@H](C)CNC(=O)CC(C)c1ccc(C(F)(F)F)cc1.Cl. The van der Waals surface area contributed by atoms with Gasteiger partial charge in [-0.2, -0.15) is 13.2 Å². The first kappa shape index (κ1) is 21.7. The Kier molecular flexibility index (Phi) is 9.24. The van der Waals surface area contributed by atoms with Gasteiger partial charge in [-0.05, 0) is 37.1 Å². The third-order valence-electron chi connectivity index (χ3n) is 3.46. The zero-order chi connectivity index (χ0) is 16.8. The Hall–Kier alpha value is -1.27. The lowest BCUT2D eigenvalue weighted by Gasteiger charge is -2.16. The van der Waals surface area contributed by atoms with E-state index in [2.05, 4.69) is 10.6 Å². The largest absolute Gasteiger partial charge is 0.416 e. The first-order chi connectivity index (χ1) is 10.2. The summed E-state index contributed by atoms with van der Waals surface area (Å²) in [5.74, 6) is -0.228. The number of alkyl halides is 3. The maximum absolute atomic E-state index is 12.5. The molecule has 0 aliphatic rings. The lowest BCUT2D eigenvalue weighted by atomic mass is 9.96. The van der Waals surface area contributed by atoms with Crippen LogP contribution >= 0.6 is 12.4 Å². The van der Waals surface area contributed by atoms with Crippen LogP contribution in [0.25, 0.3) is 0 Å². The van der Waals surface area contributed by atoms with Crippen LogP contribution in [0.5, 0.6) is 0 Å². The molecule has 1 amide bonds. The van der Waals surface area contributed by atoms with Gasteiger partial charge in [0.05, 0.1) is 5.56 Å². The molecule has 0 heterocycles. The second-order valence-corrected chi connectivity index (χ2v) is 5.49. The predicted molar refractivity (Wildman–Crippen MR) is 87.9 cm³/mol. The van der Waals surface area contributed by atoms with Crippen LogP contribution in [0.15, 0.2) is 24.3 Å². The Morgan fingerprint density at radius 3 is 2.22 bits per heavy atom. The van der Waals surface area contributed by atoms with E-state index in [1.807, 2.05) is 20.8 Å². The molecule has 0 aliphatic carbocycles. The number of rotatable bonds is 7. The summed E-state index contributed by atoms with van der Waals surface area (Å²) in [5, 5.41) is 6.01. The van der Waals surface area contributed by atoms with Crippen molar-refractivity contribution >= 4 is 18.3 Å². The molecule has 132 valence electrons. The third-order valence-corrected chi connectivity index (χ3v) is 3.46. The van der Waals surface area contributed by atoms with E-state index in [9.17, 15) is 18.0 Å². The van der Waals surface area contributed by atoms with E-state index in [1.165, 1.54) is 12.1 Å². The molecular formula is C16H24ClF3N2O. The van der Waals surface area contributed by atoms with Gasteiger partial charge >= 0.3 is 6.18 Å². The molecule has 0 bridgehead atoms. The molecule has 1 aromatic rings. The molecule has 7 heteroatoms. The number of nitrogens with one attached hydrogen (secondary N) is 2. The fourth-order valence-electron chi connectivity index (χ4n) is 2.16. The molecule has 0 saturated carbocycles. The average molecular weight is 353 g/mol. The molecule has 23 heavy (non-hydrogen) atoms. The van der Waals surface area contributed by atoms with E-state index in [4.69, 9.17) is 0 Å². The molecule has 0 spiro atoms. The lowest BCUT2D eigenvalue weighted by Crippen LogP contribution is -2.39. The minimum atomic E-state index is -4.33. The first-order valence-electron chi connectivity index (χ1n) is 7.41. The van der Waals surface area contributed by atoms with Gasteiger partial charge in [-0.15, -0.1) is 12.4 Å². The summed E-state index contributed by atoms with van der Waals surface area (Å²) in [6, 6.07) is 5.16. The van der Waals surface area contributed by atoms with Gasteiger partial charge in [-0.1, -0.05) is 26.0 Å². The second kappa shape index (κ2) is 9.78. The van der Waals surface area contributed by atoms with Crippen LogP contribution in [0.1, 0.15) is 44.2 Å². The van der Waals surface area contributed by atoms with Crippen LogP contribution in [-0.2, 0) is 11.0 Å². The van der Waals surface area contributed by atoms with E-state index in [-0.39, 0.29) is 36.7 Å². The number of carbonyl (C=O) groups excluding carboxylic acids is 1. The highest BCUT2D eigenvalue weighted by Gasteiger charge is 2.30. The number of carbonyl (C=O) groups is 1. The number of hydrogen-bond donors (Lipinski definition) is 2. The molecule has 0 radical (unpaired) electrons. The third kappa shape index (κ3) is 7.70. The normalized spacial score (nSPS) is 13.8. The summed E-state index contributed by atoms with van der Waals surface area (Å²) >= 11 is 0. The van der Waals surface area contributed by atoms with Gasteiger partial charge < -0.3 is 10.6 Å². The Morgan fingerprint density at radius 2 is 1.74 bits per heavy atom. The zero-order valence-electron chi connectivity index (χ0n) is 13.5. The van der Waals surface area contributed by atoms with Gasteiger partial charge in [0.2, 0.25) is 5.91 Å². The van der Waals surface area contributed by atoms with Crippen LogP contribution in [0.2, 0.25) is 0 Å². The highest BCUT2D eigenvalue weighted by molar-refractivity contribution is 5.85. The predicted octanol–water partition coefficient (Wildman–Crippen LogP) is 3.74. The van der Waals surface area contributed by atoms with Gasteiger partial charge in [0.15, 0.2) is 0 Å². The van der Waals surface area contributed by atoms with E-state index in [1.54, 1.807) is 0 Å². The standard InChI is InChI=1S/C16H23F3N2O.ClH/c1-4-20-12(3)10-21-15(22)9-11(2)13-5-7-14(8-6-13)16(17,18)19;/h5-8,11-12,20H,4,9-10H2,1-3H3,(H,21,22);1H/t11?,12-;/m1./s1. The number of amides is 1. The number of halogens is 4. The van der Waals surface area contributed by atoms with Crippen molar-refractivity contribution in [3.8, 4) is 0 Å². The van der Waals surface area contributed by atoms with Crippen LogP contribution in [-0.4, -0.2) is 25.0 Å². The highest BCUT2D eigenvalue weighted by atomic mass is 35.5. The molecule has 1 rings (SSSR count). The van der Waals surface area contributed by atoms with Crippen LogP contribution in [0.3, 0.4) is 0 Å². The molecule has 0 aromatic heterocycles. The van der Waals surface area contributed by atoms with Crippen LogP contribution in [0.4, 0.5) is 13.2 Å². The van der Waals surface area contributed by atoms with E-state index >= 15 is 0 Å². The zero-order valence-corrected chi connectivity index (χ0v) is 14.4. The van der Waals surface area contributed by atoms with Gasteiger partial charge in [0.25, 0.3) is 0 Å². The minimum absolute atomic E-state index is 0. The van der Waals surface area contributed by atoms with Crippen molar-refractivity contribution in [2.45, 2.75) is 45.3 Å². The summed E-state index contributed by atoms with van der Waals surface area (Å²) in [7, 11) is 0. The van der Waals surface area contributed by atoms with E-state index < -0.39 is 11.7 Å². The Balaban J connectivity index is 0.00000484. The van der Waals surface area contributed by atoms with Crippen molar-refractivity contribution in [2.24, 2.45) is 0 Å². The monoisotopic (exact) mass is 352 g/mol. The summed E-state index contributed by atoms with van der Waals surface area (Å²) in [6.45, 7) is 7.16. The molecule has 2 N–H and O–H groups in total. The molecular weight excluding hydrogens is 329 g/mol. The summed E-state index contributed by atoms with van der Waals surface area (Å²) in [5.41, 5.74) is 0.0512. The van der Waals surface area contributed by atoms with Crippen molar-refractivity contribution in [2.75, 3.05) is 13.1 Å². The molecule has 3 nitrogen and oxygen atoms in total. The quantitative estimate of drug-likeness (QED) is 0.785.